The zero-order chi connectivity index (χ0) is 66.8. The average Bonchev–Trinajstić information content (AvgIpc) is 3.00. The van der Waals surface area contributed by atoms with E-state index >= 15 is 0 Å². The molecule has 0 aliphatic heterocycles. The molecule has 0 bridgehead atoms. The van der Waals surface area contributed by atoms with Gasteiger partial charge in [0.15, 0.2) is 12.2 Å². The third-order valence-electron chi connectivity index (χ3n) is 16.7. The smallest absolute Gasteiger partial charge is 0.462 e. The van der Waals surface area contributed by atoms with Crippen molar-refractivity contribution in [2.45, 2.75) is 369 Å². The van der Waals surface area contributed by atoms with Gasteiger partial charge in [0, 0.05) is 25.7 Å². The molecule has 6 atom stereocenters. The molecule has 0 aliphatic rings. The van der Waals surface area contributed by atoms with E-state index in [0.29, 0.717) is 37.5 Å². The van der Waals surface area contributed by atoms with Crippen LogP contribution in [0.5, 0.6) is 0 Å². The molecule has 0 heterocycles. The molecule has 0 radical (unpaired) electrons. The van der Waals surface area contributed by atoms with Gasteiger partial charge in [0.05, 0.1) is 26.4 Å². The Balaban J connectivity index is 5.22. The first-order valence-corrected chi connectivity index (χ1v) is 39.7. The summed E-state index contributed by atoms with van der Waals surface area (Å²) in [4.78, 5) is 72.5. The number of carbonyl (C=O) groups excluding carboxylic acids is 4. The lowest BCUT2D eigenvalue weighted by molar-refractivity contribution is -0.161. The van der Waals surface area contributed by atoms with Gasteiger partial charge in [-0.1, -0.05) is 299 Å². The number of esters is 4. The summed E-state index contributed by atoms with van der Waals surface area (Å²) in [5.41, 5.74) is 0. The van der Waals surface area contributed by atoms with Crippen molar-refractivity contribution < 1.29 is 80.2 Å². The lowest BCUT2D eigenvalue weighted by Crippen LogP contribution is -2.30. The second kappa shape index (κ2) is 60.7. The van der Waals surface area contributed by atoms with Gasteiger partial charge in [0.2, 0.25) is 0 Å². The molecule has 0 saturated carbocycles. The third kappa shape index (κ3) is 63.5. The number of ether oxygens (including phenoxy) is 4. The van der Waals surface area contributed by atoms with Crippen molar-refractivity contribution in [3.8, 4) is 0 Å². The largest absolute Gasteiger partial charge is 0.472 e. The van der Waals surface area contributed by atoms with Crippen molar-refractivity contribution in [3.63, 3.8) is 0 Å². The van der Waals surface area contributed by atoms with E-state index in [2.05, 4.69) is 55.4 Å². The maximum Gasteiger partial charge on any atom is 0.472 e. The number of hydrogen-bond acceptors (Lipinski definition) is 15. The number of carbonyl (C=O) groups is 4. The summed E-state index contributed by atoms with van der Waals surface area (Å²) in [6.45, 7) is 14.1. The molecule has 0 aromatic carbocycles. The van der Waals surface area contributed by atoms with E-state index in [1.807, 2.05) is 0 Å². The van der Waals surface area contributed by atoms with Crippen molar-refractivity contribution in [2.24, 2.45) is 23.7 Å². The number of phosphoric ester groups is 2. The highest BCUT2D eigenvalue weighted by Crippen LogP contribution is 2.45. The molecule has 0 aromatic heterocycles. The zero-order valence-corrected chi connectivity index (χ0v) is 60.6. The van der Waals surface area contributed by atoms with Crippen molar-refractivity contribution >= 4 is 39.5 Å². The number of phosphoric acid groups is 2. The second-order valence-electron chi connectivity index (χ2n) is 27.3. The van der Waals surface area contributed by atoms with Gasteiger partial charge in [-0.3, -0.25) is 37.3 Å². The Bertz CT molecular complexity index is 1780. The van der Waals surface area contributed by atoms with Gasteiger partial charge < -0.3 is 33.8 Å². The average molecular weight is 1330 g/mol. The third-order valence-corrected chi connectivity index (χ3v) is 18.6. The summed E-state index contributed by atoms with van der Waals surface area (Å²) in [6, 6.07) is 0. The van der Waals surface area contributed by atoms with Crippen LogP contribution in [0.4, 0.5) is 0 Å². The maximum absolute atomic E-state index is 13.0. The summed E-state index contributed by atoms with van der Waals surface area (Å²) >= 11 is 0. The van der Waals surface area contributed by atoms with Crippen LogP contribution in [-0.2, 0) is 65.4 Å². The van der Waals surface area contributed by atoms with Crippen LogP contribution in [0.25, 0.3) is 0 Å². The molecule has 19 heteroatoms. The van der Waals surface area contributed by atoms with Crippen molar-refractivity contribution in [2.75, 3.05) is 39.6 Å². The lowest BCUT2D eigenvalue weighted by Gasteiger charge is -2.21. The first kappa shape index (κ1) is 88.1. The number of aliphatic hydroxyl groups is 1. The minimum Gasteiger partial charge on any atom is -0.462 e. The maximum atomic E-state index is 13.0. The van der Waals surface area contributed by atoms with Crippen LogP contribution in [0.2, 0.25) is 0 Å². The van der Waals surface area contributed by atoms with Crippen LogP contribution in [-0.4, -0.2) is 96.7 Å². The Hall–Kier alpha value is -1.94. The van der Waals surface area contributed by atoms with Crippen LogP contribution in [0.1, 0.15) is 351 Å². The first-order valence-electron chi connectivity index (χ1n) is 36.7. The van der Waals surface area contributed by atoms with E-state index in [1.165, 1.54) is 141 Å². The summed E-state index contributed by atoms with van der Waals surface area (Å²) in [5, 5.41) is 10.6. The quantitative estimate of drug-likeness (QED) is 0.0222. The van der Waals surface area contributed by atoms with Gasteiger partial charge in [0.1, 0.15) is 19.3 Å². The molecule has 17 nitrogen and oxygen atoms in total. The monoisotopic (exact) mass is 1320 g/mol. The lowest BCUT2D eigenvalue weighted by atomic mass is 9.99. The molecule has 534 valence electrons. The van der Waals surface area contributed by atoms with E-state index in [0.717, 1.165) is 115 Å². The van der Waals surface area contributed by atoms with Crippen LogP contribution < -0.4 is 0 Å². The van der Waals surface area contributed by atoms with Gasteiger partial charge in [0.25, 0.3) is 0 Å². The van der Waals surface area contributed by atoms with Gasteiger partial charge >= 0.3 is 39.5 Å². The van der Waals surface area contributed by atoms with E-state index in [-0.39, 0.29) is 25.7 Å². The topological polar surface area (TPSA) is 237 Å². The molecule has 3 N–H and O–H groups in total. The molecule has 0 saturated heterocycles. The Morgan fingerprint density at radius 2 is 0.533 bits per heavy atom. The molecule has 0 spiro atoms. The highest BCUT2D eigenvalue weighted by molar-refractivity contribution is 7.47. The van der Waals surface area contributed by atoms with Gasteiger partial charge in [-0.2, -0.15) is 0 Å². The summed E-state index contributed by atoms with van der Waals surface area (Å²) in [5.74, 6) is 0.852. The Labute approximate surface area is 549 Å². The molecule has 4 unspecified atom stereocenters. The van der Waals surface area contributed by atoms with Gasteiger partial charge in [-0.25, -0.2) is 9.13 Å². The standard InChI is InChI=1S/C71H138O17P2/c1-9-64(8)50-42-34-25-19-16-17-21-27-38-46-54-71(76)88-67(58-82-69(74)52-44-36-30-29-33-41-49-63(6)7)60-86-90(79,80)84-56-65(72)55-83-89(77,78)85-59-66(57-81-68(73)51-43-35-28-22-24-32-40-48-62(4)5)87-70(75)53-45-37-26-20-15-13-11-10-12-14-18-23-31-39-47-61(2)3/h61-67,72H,9-60H2,1-8H3,(H,77,78)(H,79,80)/t64?,65?,66-,67-/m1/s1. The molecule has 0 aliphatic carbocycles. The minimum absolute atomic E-state index is 0.105. The zero-order valence-electron chi connectivity index (χ0n) is 58.8. The van der Waals surface area contributed by atoms with Crippen LogP contribution >= 0.6 is 15.6 Å². The number of rotatable bonds is 68. The minimum atomic E-state index is -4.95. The fourth-order valence-electron chi connectivity index (χ4n) is 10.6. The summed E-state index contributed by atoms with van der Waals surface area (Å²) in [6.07, 6.45) is 43.2. The van der Waals surface area contributed by atoms with E-state index < -0.39 is 97.5 Å². The molecule has 0 aromatic rings. The molecular weight excluding hydrogens is 1190 g/mol. The second-order valence-corrected chi connectivity index (χ2v) is 30.2. The molecule has 0 fully saturated rings. The fraction of sp³-hybridized carbons (Fsp3) is 0.944. The van der Waals surface area contributed by atoms with E-state index in [4.69, 9.17) is 37.0 Å². The normalized spacial score (nSPS) is 14.6. The Morgan fingerprint density at radius 3 is 0.789 bits per heavy atom. The predicted molar refractivity (Wildman–Crippen MR) is 363 cm³/mol. The van der Waals surface area contributed by atoms with Crippen molar-refractivity contribution in [3.05, 3.63) is 0 Å². The SMILES string of the molecule is CCC(C)CCCCCCCCCCCCC(=O)O[C@H](COC(=O)CCCCCCCCC(C)C)COP(=O)(O)OCC(O)COP(=O)(O)OC[C@@H](COC(=O)CCCCCCCCCC(C)C)OC(=O)CCCCCCCCCCCCCCCCC(C)C. The summed E-state index contributed by atoms with van der Waals surface area (Å²) in [7, 11) is -9.90. The molecule has 90 heavy (non-hydrogen) atoms. The van der Waals surface area contributed by atoms with E-state index in [1.54, 1.807) is 0 Å². The van der Waals surface area contributed by atoms with Crippen molar-refractivity contribution in [1.29, 1.82) is 0 Å². The first-order chi connectivity index (χ1) is 43.1. The van der Waals surface area contributed by atoms with Crippen LogP contribution in [0.15, 0.2) is 0 Å². The van der Waals surface area contributed by atoms with Gasteiger partial charge in [-0.15, -0.1) is 0 Å². The number of unbranched alkanes of at least 4 members (excludes halogenated alkanes) is 33. The van der Waals surface area contributed by atoms with Crippen LogP contribution in [0.3, 0.4) is 0 Å². The fourth-order valence-corrected chi connectivity index (χ4v) is 12.2. The van der Waals surface area contributed by atoms with Gasteiger partial charge in [-0.05, 0) is 49.4 Å². The number of hydrogen-bond donors (Lipinski definition) is 3. The molecule has 0 rings (SSSR count). The van der Waals surface area contributed by atoms with Crippen LogP contribution in [0, 0.1) is 23.7 Å². The Kier molecular flexibility index (Phi) is 59.4. The molecular formula is C71H138O17P2. The number of aliphatic hydroxyl groups excluding tert-OH is 1. The predicted octanol–water partition coefficient (Wildman–Crippen LogP) is 20.1. The Morgan fingerprint density at radius 1 is 0.311 bits per heavy atom. The van der Waals surface area contributed by atoms with Crippen molar-refractivity contribution in [1.82, 2.24) is 0 Å². The summed E-state index contributed by atoms with van der Waals surface area (Å²) < 4.78 is 68.3. The highest BCUT2D eigenvalue weighted by Gasteiger charge is 2.30. The van der Waals surface area contributed by atoms with E-state index in [9.17, 15) is 43.2 Å². The molecule has 0 amide bonds. The highest BCUT2D eigenvalue weighted by atomic mass is 31.2.